The van der Waals surface area contributed by atoms with Gasteiger partial charge in [-0.2, -0.15) is 4.99 Å². The van der Waals surface area contributed by atoms with Crippen LogP contribution in [0.5, 0.6) is 0 Å². The van der Waals surface area contributed by atoms with Crippen molar-refractivity contribution >= 4 is 28.5 Å². The maximum absolute atomic E-state index is 13.8. The topological polar surface area (TPSA) is 92.8 Å². The van der Waals surface area contributed by atoms with Crippen LogP contribution in [0, 0.1) is 5.82 Å². The van der Waals surface area contributed by atoms with E-state index < -0.39 is 5.91 Å². The number of nitrogens with one attached hydrogen (secondary N) is 1. The molecule has 172 valence electrons. The number of hydrogen-bond acceptors (Lipinski definition) is 5. The van der Waals surface area contributed by atoms with Crippen LogP contribution in [0.1, 0.15) is 55.8 Å². The van der Waals surface area contributed by atoms with Crippen LogP contribution in [0.25, 0.3) is 10.9 Å². The number of nitrogens with two attached hydrogens (primary N) is 1. The van der Waals surface area contributed by atoms with Crippen molar-refractivity contribution in [3.63, 3.8) is 0 Å². The molecule has 2 heterocycles. The summed E-state index contributed by atoms with van der Waals surface area (Å²) in [5.41, 5.74) is 6.60. The fraction of sp³-hybridized carbons (Fsp3) is 0.542. The molecule has 1 aliphatic heterocycles. The molecule has 8 heteroatoms. The van der Waals surface area contributed by atoms with Gasteiger partial charge >= 0.3 is 0 Å². The lowest BCUT2D eigenvalue weighted by atomic mass is 9.92. The number of aliphatic imine (C=N–C) groups is 1. The smallest absolute Gasteiger partial charge is 0.282 e. The predicted molar refractivity (Wildman–Crippen MR) is 125 cm³/mol. The van der Waals surface area contributed by atoms with Crippen LogP contribution in [0.4, 0.5) is 10.2 Å². The van der Waals surface area contributed by atoms with Crippen LogP contribution in [0.2, 0.25) is 0 Å². The SMILES string of the molecule is COC1CN(c2nc3ccc(F)cc3cc2C(=O)N=C(C)N)CCC1NC1CCCCC1. The molecular weight excluding hydrogens is 409 g/mol. The molecule has 4 rings (SSSR count). The number of amidine groups is 1. The Bertz CT molecular complexity index is 1000. The fourth-order valence-electron chi connectivity index (χ4n) is 4.87. The largest absolute Gasteiger partial charge is 0.387 e. The van der Waals surface area contributed by atoms with Gasteiger partial charge in [0.1, 0.15) is 17.5 Å². The molecule has 2 aliphatic rings. The van der Waals surface area contributed by atoms with Gasteiger partial charge in [-0.1, -0.05) is 19.3 Å². The monoisotopic (exact) mass is 441 g/mol. The van der Waals surface area contributed by atoms with Crippen molar-refractivity contribution in [2.75, 3.05) is 25.1 Å². The minimum Gasteiger partial charge on any atom is -0.387 e. The van der Waals surface area contributed by atoms with Crippen LogP contribution >= 0.6 is 0 Å². The molecule has 2 unspecified atom stereocenters. The van der Waals surface area contributed by atoms with Gasteiger partial charge in [0, 0.05) is 37.7 Å². The molecule has 3 N–H and O–H groups in total. The number of hydrogen-bond donors (Lipinski definition) is 2. The number of piperidine rings is 1. The number of fused-ring (bicyclic) bond motifs is 1. The van der Waals surface area contributed by atoms with E-state index in [4.69, 9.17) is 15.5 Å². The summed E-state index contributed by atoms with van der Waals surface area (Å²) in [6, 6.07) is 6.85. The lowest BCUT2D eigenvalue weighted by Crippen LogP contribution is -2.56. The molecule has 2 atom stereocenters. The Labute approximate surface area is 188 Å². The lowest BCUT2D eigenvalue weighted by Gasteiger charge is -2.41. The average molecular weight is 442 g/mol. The van der Waals surface area contributed by atoms with Crippen molar-refractivity contribution < 1.29 is 13.9 Å². The lowest BCUT2D eigenvalue weighted by molar-refractivity contribution is 0.0533. The summed E-state index contributed by atoms with van der Waals surface area (Å²) in [5, 5.41) is 4.37. The molecular formula is C24H32FN5O2. The number of aromatic nitrogens is 1. The molecule has 1 aliphatic carbocycles. The van der Waals surface area contributed by atoms with Crippen LogP contribution in [0.3, 0.4) is 0 Å². The van der Waals surface area contributed by atoms with Crippen LogP contribution < -0.4 is 16.0 Å². The maximum atomic E-state index is 13.8. The first-order valence-electron chi connectivity index (χ1n) is 11.4. The van der Waals surface area contributed by atoms with E-state index in [9.17, 15) is 9.18 Å². The second kappa shape index (κ2) is 9.92. The highest BCUT2D eigenvalue weighted by atomic mass is 19.1. The van der Waals surface area contributed by atoms with Gasteiger partial charge in [-0.05, 0) is 50.5 Å². The Hall–Kier alpha value is -2.58. The van der Waals surface area contributed by atoms with Gasteiger partial charge in [0.2, 0.25) is 0 Å². The molecule has 2 fully saturated rings. The van der Waals surface area contributed by atoms with Gasteiger partial charge in [0.05, 0.1) is 17.2 Å². The molecule has 2 aromatic rings. The molecule has 0 spiro atoms. The van der Waals surface area contributed by atoms with Crippen molar-refractivity contribution in [2.24, 2.45) is 10.7 Å². The summed E-state index contributed by atoms with van der Waals surface area (Å²) in [6.07, 6.45) is 7.17. The number of pyridine rings is 1. The van der Waals surface area contributed by atoms with Crippen LogP contribution in [-0.2, 0) is 4.74 Å². The number of rotatable bonds is 5. The molecule has 1 amide bonds. The third-order valence-electron chi connectivity index (χ3n) is 6.48. The zero-order valence-electron chi connectivity index (χ0n) is 18.8. The van der Waals surface area contributed by atoms with Crippen molar-refractivity contribution in [2.45, 2.75) is 63.6 Å². The van der Waals surface area contributed by atoms with Gasteiger partial charge in [0.15, 0.2) is 0 Å². The summed E-state index contributed by atoms with van der Waals surface area (Å²) in [5.74, 6) is -0.143. The first-order valence-corrected chi connectivity index (χ1v) is 11.4. The minimum atomic E-state index is -0.477. The van der Waals surface area contributed by atoms with Gasteiger partial charge in [-0.3, -0.25) is 4.79 Å². The molecule has 1 saturated carbocycles. The first kappa shape index (κ1) is 22.6. The van der Waals surface area contributed by atoms with E-state index in [0.29, 0.717) is 34.9 Å². The number of methoxy groups -OCH3 is 1. The maximum Gasteiger partial charge on any atom is 0.282 e. The third-order valence-corrected chi connectivity index (χ3v) is 6.48. The van der Waals surface area contributed by atoms with Gasteiger partial charge in [-0.25, -0.2) is 9.37 Å². The Kier molecular flexibility index (Phi) is 7.01. The van der Waals surface area contributed by atoms with E-state index in [1.165, 1.54) is 44.2 Å². The Balaban J connectivity index is 1.62. The molecule has 1 saturated heterocycles. The zero-order chi connectivity index (χ0) is 22.7. The quantitative estimate of drug-likeness (QED) is 0.546. The highest BCUT2D eigenvalue weighted by Gasteiger charge is 2.33. The third kappa shape index (κ3) is 5.07. The van der Waals surface area contributed by atoms with Gasteiger partial charge in [0.25, 0.3) is 5.91 Å². The van der Waals surface area contributed by atoms with Crippen LogP contribution in [0.15, 0.2) is 29.3 Å². The number of carbonyl (C=O) groups excluding carboxylic acids is 1. The second-order valence-corrected chi connectivity index (χ2v) is 8.87. The Morgan fingerprint density at radius 3 is 2.75 bits per heavy atom. The molecule has 0 radical (unpaired) electrons. The highest BCUT2D eigenvalue weighted by Crippen LogP contribution is 2.29. The first-order chi connectivity index (χ1) is 15.4. The van der Waals surface area contributed by atoms with Crippen LogP contribution in [-0.4, -0.2) is 55.1 Å². The Morgan fingerprint density at radius 1 is 1.25 bits per heavy atom. The van der Waals surface area contributed by atoms with E-state index in [-0.39, 0.29) is 23.8 Å². The van der Waals surface area contributed by atoms with Crippen molar-refractivity contribution in [1.82, 2.24) is 10.3 Å². The number of benzene rings is 1. The summed E-state index contributed by atoms with van der Waals surface area (Å²) < 4.78 is 19.6. The van der Waals surface area contributed by atoms with Gasteiger partial charge in [-0.15, -0.1) is 0 Å². The predicted octanol–water partition coefficient (Wildman–Crippen LogP) is 3.41. The standard InChI is InChI=1S/C24H32FN5O2/c1-15(26)27-24(31)19-13-16-12-17(25)8-9-20(16)29-23(19)30-11-10-21(22(14-30)32-2)28-18-6-4-3-5-7-18/h8-9,12-13,18,21-22,28H,3-7,10-11,14H2,1-2H3,(H2,26,27,31). The van der Waals surface area contributed by atoms with E-state index in [1.807, 2.05) is 0 Å². The van der Waals surface area contributed by atoms with Gasteiger partial charge < -0.3 is 20.7 Å². The van der Waals surface area contributed by atoms with Crippen molar-refractivity contribution in [3.05, 3.63) is 35.6 Å². The summed E-state index contributed by atoms with van der Waals surface area (Å²) in [7, 11) is 1.73. The summed E-state index contributed by atoms with van der Waals surface area (Å²) >= 11 is 0. The zero-order valence-corrected chi connectivity index (χ0v) is 18.8. The number of carbonyl (C=O) groups is 1. The molecule has 0 bridgehead atoms. The second-order valence-electron chi connectivity index (χ2n) is 8.87. The number of nitrogens with zero attached hydrogens (tertiary/aromatic N) is 3. The normalized spacial score (nSPS) is 23.0. The summed E-state index contributed by atoms with van der Waals surface area (Å²) in [4.78, 5) is 23.6. The van der Waals surface area contributed by atoms with E-state index >= 15 is 0 Å². The highest BCUT2D eigenvalue weighted by molar-refractivity contribution is 6.07. The average Bonchev–Trinajstić information content (AvgIpc) is 2.78. The fourth-order valence-corrected chi connectivity index (χ4v) is 4.87. The molecule has 1 aromatic carbocycles. The Morgan fingerprint density at radius 2 is 2.03 bits per heavy atom. The van der Waals surface area contributed by atoms with E-state index in [1.54, 1.807) is 26.2 Å². The number of amides is 1. The number of anilines is 1. The number of ether oxygens (including phenoxy) is 1. The van der Waals surface area contributed by atoms with E-state index in [2.05, 4.69) is 15.2 Å². The van der Waals surface area contributed by atoms with E-state index in [0.717, 1.165) is 13.0 Å². The minimum absolute atomic E-state index is 0.0286. The molecule has 1 aromatic heterocycles. The summed E-state index contributed by atoms with van der Waals surface area (Å²) in [6.45, 7) is 2.90. The van der Waals surface area contributed by atoms with Crippen molar-refractivity contribution in [3.8, 4) is 0 Å². The van der Waals surface area contributed by atoms with Crippen molar-refractivity contribution in [1.29, 1.82) is 0 Å². The molecule has 7 nitrogen and oxygen atoms in total. The number of halogens is 1. The molecule has 32 heavy (non-hydrogen) atoms.